The third-order valence-corrected chi connectivity index (χ3v) is 4.98. The maximum absolute atomic E-state index is 12.1. The number of sulfonamides is 1. The van der Waals surface area contributed by atoms with Gasteiger partial charge in [-0.1, -0.05) is 25.8 Å². The molecule has 7 nitrogen and oxygen atoms in total. The summed E-state index contributed by atoms with van der Waals surface area (Å²) >= 11 is 0. The van der Waals surface area contributed by atoms with Crippen LogP contribution in [0.15, 0.2) is 18.2 Å². The molecule has 0 fully saturated rings. The zero-order valence-electron chi connectivity index (χ0n) is 14.1. The number of fused-ring (bicyclic) bond motifs is 1. The molecule has 0 saturated carbocycles. The van der Waals surface area contributed by atoms with Gasteiger partial charge in [0.05, 0.1) is 12.8 Å². The van der Waals surface area contributed by atoms with E-state index in [1.807, 2.05) is 13.0 Å². The molecule has 24 heavy (non-hydrogen) atoms. The molecule has 0 spiro atoms. The first kappa shape index (κ1) is 18.5. The molecule has 0 unspecified atom stereocenters. The summed E-state index contributed by atoms with van der Waals surface area (Å²) in [6.07, 6.45) is 3.81. The smallest absolute Gasteiger partial charge is 0.235 e. The van der Waals surface area contributed by atoms with Crippen LogP contribution in [0.4, 0.5) is 0 Å². The second-order valence-electron chi connectivity index (χ2n) is 5.77. The Morgan fingerprint density at radius 1 is 1.25 bits per heavy atom. The van der Waals surface area contributed by atoms with Crippen LogP contribution in [-0.4, -0.2) is 44.8 Å². The third kappa shape index (κ3) is 5.38. The largest absolute Gasteiger partial charge is 0.454 e. The van der Waals surface area contributed by atoms with Crippen LogP contribution in [0.3, 0.4) is 0 Å². The summed E-state index contributed by atoms with van der Waals surface area (Å²) in [7, 11) is -3.40. The molecular weight excluding hydrogens is 332 g/mol. The molecule has 134 valence electrons. The fourth-order valence-electron chi connectivity index (χ4n) is 2.37. The van der Waals surface area contributed by atoms with Crippen molar-refractivity contribution >= 4 is 15.9 Å². The Balaban J connectivity index is 1.86. The van der Waals surface area contributed by atoms with Gasteiger partial charge < -0.3 is 14.8 Å². The predicted octanol–water partition coefficient (Wildman–Crippen LogP) is 1.48. The highest BCUT2D eigenvalue weighted by molar-refractivity contribution is 7.88. The van der Waals surface area contributed by atoms with Crippen LogP contribution in [0.2, 0.25) is 0 Å². The average Bonchev–Trinajstić information content (AvgIpc) is 2.98. The molecule has 1 aromatic carbocycles. The normalized spacial score (nSPS) is 13.3. The first-order chi connectivity index (χ1) is 11.4. The zero-order chi connectivity index (χ0) is 17.6. The Kier molecular flexibility index (Phi) is 6.44. The standard InChI is InChI=1S/C16H24N2O5S/c1-3-4-5-8-18(24(2,20)21)11-16(19)17-10-13-6-7-14-15(9-13)23-12-22-14/h6-7,9H,3-5,8,10-12H2,1-2H3,(H,17,19). The predicted molar refractivity (Wildman–Crippen MR) is 90.4 cm³/mol. The number of nitrogens with one attached hydrogen (secondary N) is 1. The van der Waals surface area contributed by atoms with Crippen LogP contribution >= 0.6 is 0 Å². The highest BCUT2D eigenvalue weighted by atomic mass is 32.2. The van der Waals surface area contributed by atoms with Crippen molar-refractivity contribution in [2.75, 3.05) is 26.1 Å². The van der Waals surface area contributed by atoms with Gasteiger partial charge in [-0.3, -0.25) is 4.79 Å². The van der Waals surface area contributed by atoms with Crippen LogP contribution in [-0.2, 0) is 21.4 Å². The van der Waals surface area contributed by atoms with Crippen molar-refractivity contribution in [3.63, 3.8) is 0 Å². The van der Waals surface area contributed by atoms with E-state index < -0.39 is 10.0 Å². The van der Waals surface area contributed by atoms with Crippen LogP contribution < -0.4 is 14.8 Å². The minimum Gasteiger partial charge on any atom is -0.454 e. The fraction of sp³-hybridized carbons (Fsp3) is 0.562. The molecule has 0 aliphatic carbocycles. The topological polar surface area (TPSA) is 84.9 Å². The molecule has 0 radical (unpaired) electrons. The number of carbonyl (C=O) groups excluding carboxylic acids is 1. The van der Waals surface area contributed by atoms with Gasteiger partial charge in [0.1, 0.15) is 0 Å². The maximum atomic E-state index is 12.1. The Bertz CT molecular complexity index is 675. The lowest BCUT2D eigenvalue weighted by atomic mass is 10.2. The van der Waals surface area contributed by atoms with Gasteiger partial charge in [0, 0.05) is 13.1 Å². The highest BCUT2D eigenvalue weighted by Crippen LogP contribution is 2.32. The molecule has 0 saturated heterocycles. The highest BCUT2D eigenvalue weighted by Gasteiger charge is 2.19. The first-order valence-electron chi connectivity index (χ1n) is 8.00. The van der Waals surface area contributed by atoms with Gasteiger partial charge in [-0.2, -0.15) is 4.31 Å². The minimum atomic E-state index is -3.40. The summed E-state index contributed by atoms with van der Waals surface area (Å²) in [5.41, 5.74) is 0.865. The Hall–Kier alpha value is -1.80. The van der Waals surface area contributed by atoms with Crippen molar-refractivity contribution in [1.29, 1.82) is 0 Å². The van der Waals surface area contributed by atoms with Gasteiger partial charge in [0.15, 0.2) is 11.5 Å². The van der Waals surface area contributed by atoms with Crippen LogP contribution in [0, 0.1) is 0 Å². The van der Waals surface area contributed by atoms with Crippen LogP contribution in [0.1, 0.15) is 31.7 Å². The van der Waals surface area contributed by atoms with E-state index in [9.17, 15) is 13.2 Å². The van der Waals surface area contributed by atoms with Gasteiger partial charge in [-0.25, -0.2) is 8.42 Å². The van der Waals surface area contributed by atoms with E-state index in [1.165, 1.54) is 4.31 Å². The summed E-state index contributed by atoms with van der Waals surface area (Å²) in [5.74, 6) is 1.01. The van der Waals surface area contributed by atoms with E-state index in [0.29, 0.717) is 24.6 Å². The van der Waals surface area contributed by atoms with E-state index in [0.717, 1.165) is 31.1 Å². The van der Waals surface area contributed by atoms with E-state index >= 15 is 0 Å². The molecule has 1 amide bonds. The monoisotopic (exact) mass is 356 g/mol. The van der Waals surface area contributed by atoms with Crippen molar-refractivity contribution in [3.8, 4) is 11.5 Å². The third-order valence-electron chi connectivity index (χ3n) is 3.73. The van der Waals surface area contributed by atoms with E-state index in [2.05, 4.69) is 5.32 Å². The van der Waals surface area contributed by atoms with Crippen molar-refractivity contribution in [3.05, 3.63) is 23.8 Å². The van der Waals surface area contributed by atoms with E-state index in [-0.39, 0.29) is 19.2 Å². The lowest BCUT2D eigenvalue weighted by molar-refractivity contribution is -0.121. The number of hydrogen-bond donors (Lipinski definition) is 1. The molecule has 8 heteroatoms. The Morgan fingerprint density at radius 2 is 2.00 bits per heavy atom. The lowest BCUT2D eigenvalue weighted by Crippen LogP contribution is -2.40. The number of ether oxygens (including phenoxy) is 2. The minimum absolute atomic E-state index is 0.160. The number of unbranched alkanes of at least 4 members (excludes halogenated alkanes) is 2. The molecule has 2 rings (SSSR count). The van der Waals surface area contributed by atoms with E-state index in [4.69, 9.17) is 9.47 Å². The van der Waals surface area contributed by atoms with Gasteiger partial charge in [-0.15, -0.1) is 0 Å². The fourth-order valence-corrected chi connectivity index (χ4v) is 3.18. The van der Waals surface area contributed by atoms with Crippen molar-refractivity contribution in [1.82, 2.24) is 9.62 Å². The quantitative estimate of drug-likeness (QED) is 0.678. The van der Waals surface area contributed by atoms with Gasteiger partial charge in [-0.05, 0) is 24.1 Å². The lowest BCUT2D eigenvalue weighted by Gasteiger charge is -2.19. The van der Waals surface area contributed by atoms with Gasteiger partial charge in [0.2, 0.25) is 22.7 Å². The van der Waals surface area contributed by atoms with E-state index in [1.54, 1.807) is 12.1 Å². The molecule has 1 N–H and O–H groups in total. The maximum Gasteiger partial charge on any atom is 0.235 e. The Labute approximate surface area is 143 Å². The summed E-state index contributed by atoms with van der Waals surface area (Å²) < 4.78 is 35.3. The number of nitrogens with zero attached hydrogens (tertiary/aromatic N) is 1. The molecule has 0 atom stereocenters. The number of carbonyl (C=O) groups is 1. The Morgan fingerprint density at radius 3 is 2.71 bits per heavy atom. The summed E-state index contributed by atoms with van der Waals surface area (Å²) in [6, 6.07) is 5.43. The second-order valence-corrected chi connectivity index (χ2v) is 7.75. The van der Waals surface area contributed by atoms with Gasteiger partial charge in [0.25, 0.3) is 0 Å². The number of rotatable bonds is 9. The van der Waals surface area contributed by atoms with Crippen molar-refractivity contribution < 1.29 is 22.7 Å². The zero-order valence-corrected chi connectivity index (χ0v) is 14.9. The average molecular weight is 356 g/mol. The van der Waals surface area contributed by atoms with Crippen molar-refractivity contribution in [2.45, 2.75) is 32.7 Å². The van der Waals surface area contributed by atoms with Crippen LogP contribution in [0.25, 0.3) is 0 Å². The van der Waals surface area contributed by atoms with Crippen LogP contribution in [0.5, 0.6) is 11.5 Å². The SMILES string of the molecule is CCCCCN(CC(=O)NCc1ccc2c(c1)OCO2)S(C)(=O)=O. The summed E-state index contributed by atoms with van der Waals surface area (Å²) in [5, 5.41) is 2.74. The molecular formula is C16H24N2O5S. The van der Waals surface area contributed by atoms with Crippen molar-refractivity contribution in [2.24, 2.45) is 0 Å². The summed E-state index contributed by atoms with van der Waals surface area (Å²) in [4.78, 5) is 12.1. The molecule has 0 bridgehead atoms. The molecule has 0 aromatic heterocycles. The molecule has 1 aliphatic heterocycles. The number of amides is 1. The second kappa shape index (κ2) is 8.34. The summed E-state index contributed by atoms with van der Waals surface area (Å²) in [6.45, 7) is 2.76. The number of benzene rings is 1. The number of hydrogen-bond acceptors (Lipinski definition) is 5. The molecule has 1 aliphatic rings. The van der Waals surface area contributed by atoms with Gasteiger partial charge >= 0.3 is 0 Å². The molecule has 1 aromatic rings. The molecule has 1 heterocycles. The first-order valence-corrected chi connectivity index (χ1v) is 9.85.